The van der Waals surface area contributed by atoms with Gasteiger partial charge in [0.25, 0.3) is 0 Å². The van der Waals surface area contributed by atoms with Crippen molar-refractivity contribution in [3.63, 3.8) is 0 Å². The number of aliphatic hydroxyl groups is 8. The van der Waals surface area contributed by atoms with E-state index in [0.29, 0.717) is 12.8 Å². The number of amides is 1. The van der Waals surface area contributed by atoms with Crippen LogP contribution >= 0.6 is 0 Å². The van der Waals surface area contributed by atoms with Crippen LogP contribution in [0.15, 0.2) is 60.8 Å². The molecule has 0 radical (unpaired) electrons. The zero-order valence-corrected chi connectivity index (χ0v) is 54.6. The third-order valence-electron chi connectivity index (χ3n) is 17.2. The molecule has 2 rings (SSSR count). The fourth-order valence-corrected chi connectivity index (χ4v) is 11.6. The number of hydrogen-bond acceptors (Lipinski definition) is 13. The second-order valence-corrected chi connectivity index (χ2v) is 25.0. The van der Waals surface area contributed by atoms with Gasteiger partial charge in [-0.1, -0.05) is 293 Å². The Morgan fingerprint density at radius 2 is 0.802 bits per heavy atom. The first-order valence-corrected chi connectivity index (χ1v) is 35.5. The standard InChI is InChI=1S/C72H131NO13/c1-3-5-7-9-11-13-15-17-18-19-20-21-22-23-24-25-26-27-28-29-30-31-32-33-34-35-36-37-38-39-40-41-42-44-46-48-50-52-54-56-64(77)73-60(61(76)55-53-51-49-47-45-43-16-14-12-10-8-6-4-2)59-83-71-69(82)67(80)70(63(58-75)85-71)86-72-68(81)66(79)65(78)62(57-74)84-72/h5,7,11,13,17-18,20-21,23-24,60-63,65-72,74-76,78-82H,3-4,6,8-10,12,14-16,19,22,25-59H2,1-2H3,(H,73,77)/b7-5-,13-11-,18-17-,21-20-,24-23-. The van der Waals surface area contributed by atoms with E-state index in [1.54, 1.807) is 0 Å². The first-order valence-electron chi connectivity index (χ1n) is 35.5. The van der Waals surface area contributed by atoms with Crippen LogP contribution in [-0.4, -0.2) is 140 Å². The summed E-state index contributed by atoms with van der Waals surface area (Å²) in [5.74, 6) is -0.203. The number of carbonyl (C=O) groups is 1. The van der Waals surface area contributed by atoms with Gasteiger partial charge in [0.1, 0.15) is 48.8 Å². The molecule has 0 spiro atoms. The number of carbonyl (C=O) groups excluding carboxylic acids is 1. The predicted molar refractivity (Wildman–Crippen MR) is 350 cm³/mol. The highest BCUT2D eigenvalue weighted by Crippen LogP contribution is 2.30. The summed E-state index contributed by atoms with van der Waals surface area (Å²) in [4.78, 5) is 13.3. The molecule has 502 valence electrons. The molecule has 0 aliphatic carbocycles. The molecule has 14 heteroatoms. The Labute approximate surface area is 524 Å². The number of allylic oxidation sites excluding steroid dienone is 10. The highest BCUT2D eigenvalue weighted by molar-refractivity contribution is 5.76. The van der Waals surface area contributed by atoms with E-state index in [0.717, 1.165) is 83.5 Å². The monoisotopic (exact) mass is 1220 g/mol. The quantitative estimate of drug-likeness (QED) is 0.0204. The van der Waals surface area contributed by atoms with Gasteiger partial charge in [0, 0.05) is 6.42 Å². The SMILES string of the molecule is CC/C=C\C/C=C\C/C=C\C/C=C\C/C=C\CCCCCCCCCCCCCCCCCCCCCCCCCC(=O)NC(COC1OC(CO)C(OC2OC(CO)C(O)C(O)C2O)C(O)C1O)C(O)CCCCCCCCCCCCCCC. The summed E-state index contributed by atoms with van der Waals surface area (Å²) in [6, 6.07) is -0.827. The van der Waals surface area contributed by atoms with Crippen LogP contribution in [0.5, 0.6) is 0 Å². The maximum absolute atomic E-state index is 13.3. The molecule has 0 aromatic carbocycles. The van der Waals surface area contributed by atoms with Crippen molar-refractivity contribution in [2.75, 3.05) is 19.8 Å². The fourth-order valence-electron chi connectivity index (χ4n) is 11.6. The summed E-state index contributed by atoms with van der Waals surface area (Å²) < 4.78 is 22.9. The Morgan fingerprint density at radius 3 is 1.23 bits per heavy atom. The third kappa shape index (κ3) is 40.4. The zero-order valence-electron chi connectivity index (χ0n) is 54.6. The van der Waals surface area contributed by atoms with Crippen molar-refractivity contribution in [2.45, 2.75) is 370 Å². The Morgan fingerprint density at radius 1 is 0.430 bits per heavy atom. The molecule has 0 aromatic heterocycles. The summed E-state index contributed by atoms with van der Waals surface area (Å²) in [7, 11) is 0. The fraction of sp³-hybridized carbons (Fsp3) is 0.847. The summed E-state index contributed by atoms with van der Waals surface area (Å²) >= 11 is 0. The van der Waals surface area contributed by atoms with Crippen molar-refractivity contribution in [3.05, 3.63) is 60.8 Å². The van der Waals surface area contributed by atoms with Gasteiger partial charge in [-0.2, -0.15) is 0 Å². The lowest BCUT2D eigenvalue weighted by molar-refractivity contribution is -0.359. The minimum absolute atomic E-state index is 0.203. The highest BCUT2D eigenvalue weighted by atomic mass is 16.7. The van der Waals surface area contributed by atoms with Crippen molar-refractivity contribution < 1.29 is 64.6 Å². The number of unbranched alkanes of at least 4 members (excludes halogenated alkanes) is 35. The van der Waals surface area contributed by atoms with Gasteiger partial charge < -0.3 is 65.1 Å². The van der Waals surface area contributed by atoms with Gasteiger partial charge in [-0.25, -0.2) is 0 Å². The maximum atomic E-state index is 13.3. The Kier molecular flexibility index (Phi) is 52.6. The molecule has 0 aromatic rings. The van der Waals surface area contributed by atoms with Gasteiger partial charge in [-0.15, -0.1) is 0 Å². The molecule has 9 N–H and O–H groups in total. The largest absolute Gasteiger partial charge is 0.394 e. The molecule has 1 amide bonds. The topological polar surface area (TPSA) is 228 Å². The van der Waals surface area contributed by atoms with E-state index in [-0.39, 0.29) is 12.5 Å². The van der Waals surface area contributed by atoms with E-state index in [1.165, 1.54) is 186 Å². The van der Waals surface area contributed by atoms with Gasteiger partial charge >= 0.3 is 0 Å². The van der Waals surface area contributed by atoms with Crippen molar-refractivity contribution in [1.82, 2.24) is 5.32 Å². The van der Waals surface area contributed by atoms with Crippen molar-refractivity contribution in [1.29, 1.82) is 0 Å². The first kappa shape index (κ1) is 79.8. The molecule has 86 heavy (non-hydrogen) atoms. The number of aliphatic hydroxyl groups excluding tert-OH is 8. The molecule has 2 fully saturated rings. The number of hydrogen-bond donors (Lipinski definition) is 9. The van der Waals surface area contributed by atoms with Crippen LogP contribution in [0.3, 0.4) is 0 Å². The van der Waals surface area contributed by atoms with Gasteiger partial charge in [-0.3, -0.25) is 4.79 Å². The van der Waals surface area contributed by atoms with Crippen LogP contribution in [0.2, 0.25) is 0 Å². The third-order valence-corrected chi connectivity index (χ3v) is 17.2. The van der Waals surface area contributed by atoms with Crippen LogP contribution in [-0.2, 0) is 23.7 Å². The zero-order chi connectivity index (χ0) is 62.3. The average molecular weight is 1220 g/mol. The average Bonchev–Trinajstić information content (AvgIpc) is 2.76. The van der Waals surface area contributed by atoms with Gasteiger partial charge in [0.05, 0.1) is 32.0 Å². The minimum atomic E-state index is -1.78. The molecular weight excluding hydrogens is 1090 g/mol. The Hall–Kier alpha value is -2.31. The Bertz CT molecular complexity index is 1670. The van der Waals surface area contributed by atoms with E-state index in [4.69, 9.17) is 18.9 Å². The van der Waals surface area contributed by atoms with Crippen LogP contribution in [0.4, 0.5) is 0 Å². The van der Waals surface area contributed by atoms with E-state index >= 15 is 0 Å². The molecule has 2 aliphatic rings. The molecular formula is C72H131NO13. The second-order valence-electron chi connectivity index (χ2n) is 25.0. The van der Waals surface area contributed by atoms with E-state index in [9.17, 15) is 45.6 Å². The lowest BCUT2D eigenvalue weighted by Gasteiger charge is -2.46. The van der Waals surface area contributed by atoms with Crippen LogP contribution < -0.4 is 5.32 Å². The molecule has 0 bridgehead atoms. The molecule has 2 heterocycles. The van der Waals surface area contributed by atoms with Gasteiger partial charge in [0.15, 0.2) is 12.6 Å². The lowest BCUT2D eigenvalue weighted by Crippen LogP contribution is -2.65. The Balaban J connectivity index is 1.54. The van der Waals surface area contributed by atoms with E-state index in [2.05, 4.69) is 79.9 Å². The van der Waals surface area contributed by atoms with Crippen molar-refractivity contribution in [2.24, 2.45) is 0 Å². The highest BCUT2D eigenvalue weighted by Gasteiger charge is 2.51. The maximum Gasteiger partial charge on any atom is 0.220 e. The first-order chi connectivity index (χ1) is 42.1. The van der Waals surface area contributed by atoms with Crippen LogP contribution in [0.25, 0.3) is 0 Å². The molecule has 14 nitrogen and oxygen atoms in total. The number of nitrogens with one attached hydrogen (secondary N) is 1. The molecule has 12 atom stereocenters. The summed E-state index contributed by atoms with van der Waals surface area (Å²) in [6.07, 6.45) is 58.3. The van der Waals surface area contributed by atoms with Gasteiger partial charge in [-0.05, 0) is 57.8 Å². The van der Waals surface area contributed by atoms with Gasteiger partial charge in [0.2, 0.25) is 5.91 Å². The molecule has 2 saturated heterocycles. The minimum Gasteiger partial charge on any atom is -0.394 e. The van der Waals surface area contributed by atoms with E-state index in [1.807, 2.05) is 0 Å². The normalized spacial score (nSPS) is 23.7. The molecule has 12 unspecified atom stereocenters. The summed E-state index contributed by atoms with van der Waals surface area (Å²) in [5, 5.41) is 87.4. The molecule has 2 aliphatic heterocycles. The van der Waals surface area contributed by atoms with Crippen molar-refractivity contribution >= 4 is 5.91 Å². The van der Waals surface area contributed by atoms with Crippen molar-refractivity contribution in [3.8, 4) is 0 Å². The summed E-state index contributed by atoms with van der Waals surface area (Å²) in [6.45, 7) is 2.76. The lowest BCUT2D eigenvalue weighted by atomic mass is 9.97. The number of ether oxygens (including phenoxy) is 4. The van der Waals surface area contributed by atoms with Crippen LogP contribution in [0, 0.1) is 0 Å². The number of rotatable bonds is 58. The smallest absolute Gasteiger partial charge is 0.220 e. The van der Waals surface area contributed by atoms with E-state index < -0.39 is 86.8 Å². The summed E-state index contributed by atoms with van der Waals surface area (Å²) in [5.41, 5.74) is 0. The predicted octanol–water partition coefficient (Wildman–Crippen LogP) is 14.5. The van der Waals surface area contributed by atoms with Crippen LogP contribution in [0.1, 0.15) is 296 Å². The second kappa shape index (κ2) is 56.7. The molecule has 0 saturated carbocycles.